The van der Waals surface area contributed by atoms with Crippen molar-refractivity contribution in [3.05, 3.63) is 0 Å². The molecule has 6 heteroatoms. The molecule has 0 radical (unpaired) electrons. The zero-order valence-electron chi connectivity index (χ0n) is 13.1. The van der Waals surface area contributed by atoms with Crippen molar-refractivity contribution in [2.75, 3.05) is 45.8 Å². The summed E-state index contributed by atoms with van der Waals surface area (Å²) >= 11 is 0. The minimum Gasteiger partial charge on any atom is -0.481 e. The monoisotopic (exact) mass is 297 g/mol. The quantitative estimate of drug-likeness (QED) is 0.799. The lowest BCUT2D eigenvalue weighted by atomic mass is 10.2. The van der Waals surface area contributed by atoms with Crippen LogP contribution in [-0.4, -0.2) is 77.6 Å². The van der Waals surface area contributed by atoms with Crippen molar-refractivity contribution < 1.29 is 14.7 Å². The molecule has 2 aliphatic rings. The van der Waals surface area contributed by atoms with Crippen LogP contribution in [0.3, 0.4) is 0 Å². The average Bonchev–Trinajstić information content (AvgIpc) is 3.28. The van der Waals surface area contributed by atoms with Gasteiger partial charge in [-0.2, -0.15) is 0 Å². The first-order valence-electron chi connectivity index (χ1n) is 8.00. The Bertz CT molecular complexity index is 376. The lowest BCUT2D eigenvalue weighted by Crippen LogP contribution is -2.53. The molecule has 6 nitrogen and oxygen atoms in total. The molecule has 2 rings (SSSR count). The Hall–Kier alpha value is -1.30. The zero-order chi connectivity index (χ0) is 15.4. The molecule has 120 valence electrons. The number of urea groups is 1. The van der Waals surface area contributed by atoms with Gasteiger partial charge in [0.15, 0.2) is 0 Å². The molecule has 1 aliphatic carbocycles. The van der Waals surface area contributed by atoms with Crippen LogP contribution >= 0.6 is 0 Å². The van der Waals surface area contributed by atoms with E-state index in [2.05, 4.69) is 4.90 Å². The molecule has 0 bridgehead atoms. The first-order chi connectivity index (χ1) is 10.0. The van der Waals surface area contributed by atoms with Crippen molar-refractivity contribution in [2.24, 2.45) is 11.8 Å². The number of rotatable bonds is 6. The Morgan fingerprint density at radius 2 is 1.86 bits per heavy atom. The van der Waals surface area contributed by atoms with Crippen LogP contribution in [0.15, 0.2) is 0 Å². The largest absolute Gasteiger partial charge is 0.481 e. The highest BCUT2D eigenvalue weighted by Gasteiger charge is 2.29. The van der Waals surface area contributed by atoms with Crippen LogP contribution in [0.2, 0.25) is 0 Å². The molecule has 0 aromatic carbocycles. The van der Waals surface area contributed by atoms with E-state index >= 15 is 0 Å². The third-order valence-electron chi connectivity index (χ3n) is 4.42. The third kappa shape index (κ3) is 4.59. The molecule has 0 spiro atoms. The maximum Gasteiger partial charge on any atom is 0.320 e. The van der Waals surface area contributed by atoms with E-state index in [0.29, 0.717) is 6.54 Å². The maximum atomic E-state index is 12.5. The van der Waals surface area contributed by atoms with Crippen LogP contribution in [0.4, 0.5) is 4.79 Å². The lowest BCUT2D eigenvalue weighted by Gasteiger charge is -2.37. The van der Waals surface area contributed by atoms with Gasteiger partial charge in [-0.3, -0.25) is 9.69 Å². The van der Waals surface area contributed by atoms with E-state index in [1.54, 1.807) is 11.8 Å². The summed E-state index contributed by atoms with van der Waals surface area (Å²) in [5.41, 5.74) is 0. The number of nitrogens with zero attached hydrogens (tertiary/aromatic N) is 3. The molecule has 21 heavy (non-hydrogen) atoms. The number of carbonyl (C=O) groups excluding carboxylic acids is 1. The standard InChI is InChI=1S/C15H27N3O3/c1-3-17(10-12(2)14(19)20)15(21)18-8-6-16(7-9-18)11-13-4-5-13/h12-13H,3-11H2,1-2H3,(H,19,20). The molecular weight excluding hydrogens is 270 g/mol. The van der Waals surface area contributed by atoms with Gasteiger partial charge in [-0.15, -0.1) is 0 Å². The highest BCUT2D eigenvalue weighted by atomic mass is 16.4. The van der Waals surface area contributed by atoms with Crippen LogP contribution in [0, 0.1) is 11.8 Å². The molecule has 1 saturated heterocycles. The molecule has 1 saturated carbocycles. The highest BCUT2D eigenvalue weighted by Crippen LogP contribution is 2.29. The Labute approximate surface area is 126 Å². The molecular formula is C15H27N3O3. The summed E-state index contributed by atoms with van der Waals surface area (Å²) < 4.78 is 0. The van der Waals surface area contributed by atoms with Gasteiger partial charge < -0.3 is 14.9 Å². The summed E-state index contributed by atoms with van der Waals surface area (Å²) in [7, 11) is 0. The number of carboxylic acid groups (broad SMARTS) is 1. The predicted octanol–water partition coefficient (Wildman–Crippen LogP) is 1.18. The molecule has 0 aromatic heterocycles. The van der Waals surface area contributed by atoms with Gasteiger partial charge in [-0.25, -0.2) is 4.79 Å². The number of amides is 2. The van der Waals surface area contributed by atoms with Gasteiger partial charge in [0.1, 0.15) is 0 Å². The van der Waals surface area contributed by atoms with E-state index in [-0.39, 0.29) is 12.6 Å². The fourth-order valence-electron chi connectivity index (χ4n) is 2.74. The summed E-state index contributed by atoms with van der Waals surface area (Å²) in [5, 5.41) is 8.98. The number of aliphatic carboxylic acids is 1. The zero-order valence-corrected chi connectivity index (χ0v) is 13.1. The predicted molar refractivity (Wildman–Crippen MR) is 80.2 cm³/mol. The number of piperazine rings is 1. The SMILES string of the molecule is CCN(CC(C)C(=O)O)C(=O)N1CCN(CC2CC2)CC1. The van der Waals surface area contributed by atoms with Crippen LogP contribution in [0.1, 0.15) is 26.7 Å². The van der Waals surface area contributed by atoms with Crippen molar-refractivity contribution in [3.8, 4) is 0 Å². The van der Waals surface area contributed by atoms with Crippen LogP contribution in [0.25, 0.3) is 0 Å². The fraction of sp³-hybridized carbons (Fsp3) is 0.867. The number of hydrogen-bond acceptors (Lipinski definition) is 3. The molecule has 1 unspecified atom stereocenters. The van der Waals surface area contributed by atoms with Gasteiger partial charge in [-0.05, 0) is 25.7 Å². The van der Waals surface area contributed by atoms with Crippen LogP contribution < -0.4 is 0 Å². The molecule has 2 fully saturated rings. The van der Waals surface area contributed by atoms with Crippen molar-refractivity contribution in [2.45, 2.75) is 26.7 Å². The normalized spacial score (nSPS) is 21.1. The van der Waals surface area contributed by atoms with E-state index < -0.39 is 11.9 Å². The average molecular weight is 297 g/mol. The second-order valence-electron chi connectivity index (χ2n) is 6.29. The fourth-order valence-corrected chi connectivity index (χ4v) is 2.74. The minimum atomic E-state index is -0.851. The Morgan fingerprint density at radius 3 is 2.33 bits per heavy atom. The number of hydrogen-bond donors (Lipinski definition) is 1. The second kappa shape index (κ2) is 7.11. The summed E-state index contributed by atoms with van der Waals surface area (Å²) in [6.45, 7) is 8.94. The number of carboxylic acids is 1. The van der Waals surface area contributed by atoms with Crippen molar-refractivity contribution >= 4 is 12.0 Å². The summed E-state index contributed by atoms with van der Waals surface area (Å²) in [5.74, 6) is -0.489. The highest BCUT2D eigenvalue weighted by molar-refractivity contribution is 5.76. The van der Waals surface area contributed by atoms with E-state index in [1.807, 2.05) is 11.8 Å². The van der Waals surface area contributed by atoms with Crippen LogP contribution in [0.5, 0.6) is 0 Å². The van der Waals surface area contributed by atoms with Crippen LogP contribution in [-0.2, 0) is 4.79 Å². The molecule has 1 N–H and O–H groups in total. The third-order valence-corrected chi connectivity index (χ3v) is 4.42. The van der Waals surface area contributed by atoms with Gasteiger partial charge >= 0.3 is 12.0 Å². The first-order valence-corrected chi connectivity index (χ1v) is 8.00. The van der Waals surface area contributed by atoms with E-state index in [4.69, 9.17) is 5.11 Å². The van der Waals surface area contributed by atoms with Gasteiger partial charge in [-0.1, -0.05) is 6.92 Å². The topological polar surface area (TPSA) is 64.1 Å². The summed E-state index contributed by atoms with van der Waals surface area (Å²) in [6, 6.07) is -0.0170. The Kier molecular flexibility index (Phi) is 5.45. The Morgan fingerprint density at radius 1 is 1.24 bits per heavy atom. The first kappa shape index (κ1) is 16.1. The Balaban J connectivity index is 1.79. The maximum absolute atomic E-state index is 12.5. The minimum absolute atomic E-state index is 0.0170. The van der Waals surface area contributed by atoms with Gasteiger partial charge in [0, 0.05) is 45.8 Å². The molecule has 1 heterocycles. The lowest BCUT2D eigenvalue weighted by molar-refractivity contribution is -0.141. The van der Waals surface area contributed by atoms with E-state index in [9.17, 15) is 9.59 Å². The van der Waals surface area contributed by atoms with E-state index in [1.165, 1.54) is 19.4 Å². The summed E-state index contributed by atoms with van der Waals surface area (Å²) in [4.78, 5) is 29.4. The summed E-state index contributed by atoms with van der Waals surface area (Å²) in [6.07, 6.45) is 2.71. The number of carbonyl (C=O) groups is 2. The smallest absolute Gasteiger partial charge is 0.320 e. The van der Waals surface area contributed by atoms with Gasteiger partial charge in [0.05, 0.1) is 5.92 Å². The van der Waals surface area contributed by atoms with Crippen molar-refractivity contribution in [3.63, 3.8) is 0 Å². The van der Waals surface area contributed by atoms with E-state index in [0.717, 1.165) is 32.1 Å². The molecule has 1 aliphatic heterocycles. The molecule has 0 aromatic rings. The van der Waals surface area contributed by atoms with Crippen molar-refractivity contribution in [1.82, 2.24) is 14.7 Å². The molecule has 1 atom stereocenters. The second-order valence-corrected chi connectivity index (χ2v) is 6.29. The molecule has 2 amide bonds. The van der Waals surface area contributed by atoms with Gasteiger partial charge in [0.2, 0.25) is 0 Å². The van der Waals surface area contributed by atoms with Crippen molar-refractivity contribution in [1.29, 1.82) is 0 Å². The van der Waals surface area contributed by atoms with Gasteiger partial charge in [0.25, 0.3) is 0 Å².